The highest BCUT2D eigenvalue weighted by molar-refractivity contribution is 9.11. The predicted molar refractivity (Wildman–Crippen MR) is 69.5 cm³/mol. The van der Waals surface area contributed by atoms with Gasteiger partial charge in [0.05, 0.1) is 0 Å². The molecule has 2 nitrogen and oxygen atoms in total. The zero-order valence-corrected chi connectivity index (χ0v) is 12.0. The molecule has 0 aliphatic rings. The molecule has 1 rings (SSSR count). The Labute approximate surface area is 111 Å². The van der Waals surface area contributed by atoms with E-state index in [4.69, 9.17) is 11.6 Å². The van der Waals surface area contributed by atoms with E-state index in [0.29, 0.717) is 11.4 Å². The lowest BCUT2D eigenvalue weighted by molar-refractivity contribution is 0.0943. The number of carbonyl (C=O) groups excluding carboxylic acids is 1. The normalized spacial score (nSPS) is 12.3. The van der Waals surface area contributed by atoms with Crippen molar-refractivity contribution in [2.75, 3.05) is 5.88 Å². The van der Waals surface area contributed by atoms with E-state index in [9.17, 15) is 4.79 Å². The molecule has 0 aliphatic carbocycles. The van der Waals surface area contributed by atoms with Crippen LogP contribution in [-0.4, -0.2) is 17.8 Å². The fourth-order valence-electron chi connectivity index (χ4n) is 1.03. The van der Waals surface area contributed by atoms with Crippen LogP contribution in [0.2, 0.25) is 0 Å². The summed E-state index contributed by atoms with van der Waals surface area (Å²) in [5, 5.41) is 2.79. The van der Waals surface area contributed by atoms with Crippen molar-refractivity contribution < 1.29 is 4.79 Å². The van der Waals surface area contributed by atoms with Gasteiger partial charge in [-0.3, -0.25) is 4.79 Å². The van der Waals surface area contributed by atoms with Gasteiger partial charge in [-0.25, -0.2) is 0 Å². The Balaban J connectivity index is 2.82. The van der Waals surface area contributed by atoms with Crippen molar-refractivity contribution in [2.24, 2.45) is 0 Å². The molecule has 5 heteroatoms. The number of amides is 1. The van der Waals surface area contributed by atoms with Crippen LogP contribution in [0.1, 0.15) is 17.3 Å². The van der Waals surface area contributed by atoms with Crippen LogP contribution in [0.5, 0.6) is 0 Å². The van der Waals surface area contributed by atoms with E-state index in [1.807, 2.05) is 13.0 Å². The van der Waals surface area contributed by atoms with Crippen molar-refractivity contribution in [3.8, 4) is 0 Å². The molecule has 0 aromatic heterocycles. The van der Waals surface area contributed by atoms with Gasteiger partial charge in [-0.15, -0.1) is 11.6 Å². The average molecular weight is 355 g/mol. The van der Waals surface area contributed by atoms with Crippen LogP contribution in [0.25, 0.3) is 0 Å². The zero-order valence-electron chi connectivity index (χ0n) is 8.06. The van der Waals surface area contributed by atoms with Crippen LogP contribution in [0, 0.1) is 0 Å². The molecular formula is C10H10Br2ClNO. The minimum Gasteiger partial charge on any atom is -0.348 e. The lowest BCUT2D eigenvalue weighted by Gasteiger charge is -2.10. The van der Waals surface area contributed by atoms with Crippen molar-refractivity contribution in [3.63, 3.8) is 0 Å². The van der Waals surface area contributed by atoms with Gasteiger partial charge in [0.25, 0.3) is 5.91 Å². The molecule has 82 valence electrons. The molecule has 1 aromatic carbocycles. The molecular weight excluding hydrogens is 345 g/mol. The molecule has 1 aromatic rings. The Morgan fingerprint density at radius 2 is 1.93 bits per heavy atom. The third-order valence-electron chi connectivity index (χ3n) is 1.73. The molecule has 0 saturated carbocycles. The fourth-order valence-corrected chi connectivity index (χ4v) is 2.40. The van der Waals surface area contributed by atoms with E-state index in [1.54, 1.807) is 12.1 Å². The van der Waals surface area contributed by atoms with Gasteiger partial charge in [-0.1, -0.05) is 31.9 Å². The Bertz CT molecular complexity index is 350. The van der Waals surface area contributed by atoms with Crippen molar-refractivity contribution in [2.45, 2.75) is 13.0 Å². The second-order valence-electron chi connectivity index (χ2n) is 3.19. The first kappa shape index (κ1) is 13.0. The van der Waals surface area contributed by atoms with Gasteiger partial charge >= 0.3 is 0 Å². The number of hydrogen-bond acceptors (Lipinski definition) is 1. The van der Waals surface area contributed by atoms with E-state index in [2.05, 4.69) is 37.2 Å². The van der Waals surface area contributed by atoms with E-state index in [0.717, 1.165) is 8.95 Å². The van der Waals surface area contributed by atoms with Gasteiger partial charge in [-0.05, 0) is 25.1 Å². The van der Waals surface area contributed by atoms with E-state index in [-0.39, 0.29) is 11.9 Å². The highest BCUT2D eigenvalue weighted by atomic mass is 79.9. The summed E-state index contributed by atoms with van der Waals surface area (Å²) in [5.74, 6) is 0.283. The summed E-state index contributed by atoms with van der Waals surface area (Å²) in [6.45, 7) is 1.86. The minimum absolute atomic E-state index is 0.0306. The monoisotopic (exact) mass is 353 g/mol. The predicted octanol–water partition coefficient (Wildman–Crippen LogP) is 3.57. The first-order valence-corrected chi connectivity index (χ1v) is 6.48. The van der Waals surface area contributed by atoms with Crippen LogP contribution < -0.4 is 5.32 Å². The van der Waals surface area contributed by atoms with E-state index < -0.39 is 0 Å². The molecule has 0 fully saturated rings. The molecule has 0 spiro atoms. The molecule has 1 atom stereocenters. The Morgan fingerprint density at radius 3 is 2.40 bits per heavy atom. The second-order valence-corrected chi connectivity index (χ2v) is 5.33. The Hall–Kier alpha value is -0.0600. The topological polar surface area (TPSA) is 29.1 Å². The van der Waals surface area contributed by atoms with Crippen molar-refractivity contribution in [3.05, 3.63) is 32.7 Å². The summed E-state index contributed by atoms with van der Waals surface area (Å²) in [6, 6.07) is 5.38. The standard InChI is InChI=1S/C10H10Br2ClNO/c1-6(5-13)14-10(15)7-2-8(11)4-9(12)3-7/h2-4,6H,5H2,1H3,(H,14,15). The number of halogens is 3. The highest BCUT2D eigenvalue weighted by Gasteiger charge is 2.09. The summed E-state index contributed by atoms with van der Waals surface area (Å²) in [7, 11) is 0. The largest absolute Gasteiger partial charge is 0.348 e. The van der Waals surface area contributed by atoms with E-state index >= 15 is 0 Å². The van der Waals surface area contributed by atoms with Crippen LogP contribution in [0.15, 0.2) is 27.1 Å². The first-order chi connectivity index (χ1) is 7.02. The fraction of sp³-hybridized carbons (Fsp3) is 0.300. The number of nitrogens with one attached hydrogen (secondary N) is 1. The number of hydrogen-bond donors (Lipinski definition) is 1. The lowest BCUT2D eigenvalue weighted by atomic mass is 10.2. The summed E-state index contributed by atoms with van der Waals surface area (Å²) in [4.78, 5) is 11.7. The number of alkyl halides is 1. The molecule has 15 heavy (non-hydrogen) atoms. The molecule has 0 saturated heterocycles. The Morgan fingerprint density at radius 1 is 1.40 bits per heavy atom. The van der Waals surface area contributed by atoms with Gasteiger partial charge in [0.2, 0.25) is 0 Å². The number of benzene rings is 1. The SMILES string of the molecule is CC(CCl)NC(=O)c1cc(Br)cc(Br)c1. The molecule has 0 radical (unpaired) electrons. The number of carbonyl (C=O) groups is 1. The van der Waals surface area contributed by atoms with Crippen molar-refractivity contribution in [1.82, 2.24) is 5.32 Å². The van der Waals surface area contributed by atoms with Gasteiger partial charge in [0, 0.05) is 26.4 Å². The van der Waals surface area contributed by atoms with Crippen LogP contribution >= 0.6 is 43.5 Å². The quantitative estimate of drug-likeness (QED) is 0.825. The zero-order chi connectivity index (χ0) is 11.4. The maximum atomic E-state index is 11.7. The third-order valence-corrected chi connectivity index (χ3v) is 3.11. The van der Waals surface area contributed by atoms with Crippen LogP contribution in [-0.2, 0) is 0 Å². The maximum Gasteiger partial charge on any atom is 0.251 e. The molecule has 1 N–H and O–H groups in total. The molecule has 0 heterocycles. The molecule has 1 unspecified atom stereocenters. The van der Waals surface area contributed by atoms with Gasteiger partial charge in [0.1, 0.15) is 0 Å². The van der Waals surface area contributed by atoms with Gasteiger partial charge in [-0.2, -0.15) is 0 Å². The first-order valence-electron chi connectivity index (χ1n) is 4.36. The minimum atomic E-state index is -0.120. The van der Waals surface area contributed by atoms with E-state index in [1.165, 1.54) is 0 Å². The number of rotatable bonds is 3. The van der Waals surface area contributed by atoms with Gasteiger partial charge in [0.15, 0.2) is 0 Å². The van der Waals surface area contributed by atoms with Gasteiger partial charge < -0.3 is 5.32 Å². The summed E-state index contributed by atoms with van der Waals surface area (Å²) in [5.41, 5.74) is 0.605. The molecule has 1 amide bonds. The molecule has 0 bridgehead atoms. The molecule has 0 aliphatic heterocycles. The van der Waals surface area contributed by atoms with Crippen LogP contribution in [0.4, 0.5) is 0 Å². The summed E-state index contributed by atoms with van der Waals surface area (Å²) in [6.07, 6.45) is 0. The smallest absolute Gasteiger partial charge is 0.251 e. The van der Waals surface area contributed by atoms with Crippen molar-refractivity contribution >= 4 is 49.4 Å². The maximum absolute atomic E-state index is 11.7. The lowest BCUT2D eigenvalue weighted by Crippen LogP contribution is -2.33. The highest BCUT2D eigenvalue weighted by Crippen LogP contribution is 2.20. The summed E-state index contributed by atoms with van der Waals surface area (Å²) >= 11 is 12.3. The summed E-state index contributed by atoms with van der Waals surface area (Å²) < 4.78 is 1.72. The van der Waals surface area contributed by atoms with Crippen molar-refractivity contribution in [1.29, 1.82) is 0 Å². The average Bonchev–Trinajstić information content (AvgIpc) is 2.16. The Kier molecular flexibility index (Phi) is 5.09. The second kappa shape index (κ2) is 5.87. The third kappa shape index (κ3) is 4.13. The van der Waals surface area contributed by atoms with Crippen LogP contribution in [0.3, 0.4) is 0 Å².